The molecule has 112 valence electrons. The van der Waals surface area contributed by atoms with Crippen molar-refractivity contribution in [3.05, 3.63) is 22.2 Å². The van der Waals surface area contributed by atoms with Crippen LogP contribution in [0.3, 0.4) is 0 Å². The van der Waals surface area contributed by atoms with E-state index in [1.54, 1.807) is 6.92 Å². The predicted octanol–water partition coefficient (Wildman–Crippen LogP) is 1.54. The number of nitrogens with one attached hydrogen (secondary N) is 1. The Morgan fingerprint density at radius 2 is 2.00 bits per heavy atom. The van der Waals surface area contributed by atoms with E-state index in [2.05, 4.69) is 5.32 Å². The number of carbonyl (C=O) groups is 1. The number of nitrogens with two attached hydrogens (primary N) is 1. The summed E-state index contributed by atoms with van der Waals surface area (Å²) in [5.41, 5.74) is 0. The molecule has 0 aromatic heterocycles. The second kappa shape index (κ2) is 6.62. The van der Waals surface area contributed by atoms with E-state index >= 15 is 0 Å². The summed E-state index contributed by atoms with van der Waals surface area (Å²) in [6.45, 7) is 3.77. The Labute approximate surface area is 127 Å². The van der Waals surface area contributed by atoms with E-state index in [1.165, 1.54) is 13.0 Å². The van der Waals surface area contributed by atoms with Crippen LogP contribution in [0.1, 0.15) is 13.8 Å². The second-order valence-electron chi connectivity index (χ2n) is 3.91. The number of benzene rings is 1. The van der Waals surface area contributed by atoms with Gasteiger partial charge in [0.05, 0.1) is 10.0 Å². The van der Waals surface area contributed by atoms with E-state index < -0.39 is 16.1 Å². The Bertz CT molecular complexity index is 619. The third-order valence-electron chi connectivity index (χ3n) is 2.32. The summed E-state index contributed by atoms with van der Waals surface area (Å²) in [6, 6.07) is 2.29. The molecule has 1 aromatic carbocycles. The van der Waals surface area contributed by atoms with Crippen LogP contribution in [0.15, 0.2) is 17.0 Å². The lowest BCUT2D eigenvalue weighted by Gasteiger charge is -2.16. The number of halogens is 2. The maximum atomic E-state index is 11.5. The molecule has 0 aliphatic heterocycles. The molecule has 0 spiro atoms. The normalized spacial score (nSPS) is 12.8. The van der Waals surface area contributed by atoms with Crippen molar-refractivity contribution >= 4 is 39.1 Å². The number of sulfonamides is 1. The fraction of sp³-hybridized carbons (Fsp3) is 0.364. The van der Waals surface area contributed by atoms with E-state index in [1.807, 2.05) is 0 Å². The molecule has 0 aliphatic carbocycles. The molecule has 0 heterocycles. The lowest BCUT2D eigenvalue weighted by atomic mass is 10.3. The van der Waals surface area contributed by atoms with Crippen molar-refractivity contribution in [2.75, 3.05) is 6.54 Å². The van der Waals surface area contributed by atoms with Crippen LogP contribution in [0.25, 0.3) is 0 Å². The van der Waals surface area contributed by atoms with Crippen LogP contribution in [-0.4, -0.2) is 27.0 Å². The number of carbonyl (C=O) groups excluding carboxylic acids is 1. The molecule has 1 unspecified atom stereocenters. The Balaban J connectivity index is 3.05. The van der Waals surface area contributed by atoms with Gasteiger partial charge < -0.3 is 10.1 Å². The fourth-order valence-electron chi connectivity index (χ4n) is 1.38. The Morgan fingerprint density at radius 3 is 2.50 bits per heavy atom. The molecular weight excluding hydrogens is 327 g/mol. The van der Waals surface area contributed by atoms with Crippen molar-refractivity contribution in [3.8, 4) is 5.75 Å². The highest BCUT2D eigenvalue weighted by atomic mass is 35.5. The molecule has 0 radical (unpaired) electrons. The van der Waals surface area contributed by atoms with Crippen molar-refractivity contribution in [1.29, 1.82) is 0 Å². The third-order valence-corrected chi connectivity index (χ3v) is 3.99. The highest BCUT2D eigenvalue weighted by Gasteiger charge is 2.20. The Hall–Kier alpha value is -1.02. The Kier molecular flexibility index (Phi) is 5.64. The summed E-state index contributed by atoms with van der Waals surface area (Å²) in [7, 11) is -3.98. The van der Waals surface area contributed by atoms with Crippen molar-refractivity contribution < 1.29 is 17.9 Å². The summed E-state index contributed by atoms with van der Waals surface area (Å²) in [5.74, 6) is -0.224. The van der Waals surface area contributed by atoms with Crippen LogP contribution in [-0.2, 0) is 14.8 Å². The third kappa shape index (κ3) is 4.24. The first-order valence-electron chi connectivity index (χ1n) is 5.63. The zero-order chi connectivity index (χ0) is 15.5. The van der Waals surface area contributed by atoms with E-state index in [0.29, 0.717) is 6.54 Å². The van der Waals surface area contributed by atoms with E-state index in [0.717, 1.165) is 6.07 Å². The first kappa shape index (κ1) is 17.0. The molecule has 0 fully saturated rings. The number of hydrogen-bond donors (Lipinski definition) is 2. The molecule has 6 nitrogen and oxygen atoms in total. The molecular formula is C11H14Cl2N2O4S. The number of likely N-dealkylation sites (N-methyl/N-ethyl adjacent to an activating group) is 1. The number of amides is 1. The van der Waals surface area contributed by atoms with Gasteiger partial charge in [0.1, 0.15) is 10.6 Å². The molecule has 0 saturated heterocycles. The van der Waals surface area contributed by atoms with Gasteiger partial charge in [-0.05, 0) is 19.9 Å². The topological polar surface area (TPSA) is 98.5 Å². The monoisotopic (exact) mass is 340 g/mol. The van der Waals surface area contributed by atoms with Crippen LogP contribution < -0.4 is 15.2 Å². The Morgan fingerprint density at radius 1 is 1.40 bits per heavy atom. The molecule has 0 saturated carbocycles. The average Bonchev–Trinajstić information content (AvgIpc) is 2.32. The zero-order valence-electron chi connectivity index (χ0n) is 10.8. The highest BCUT2D eigenvalue weighted by Crippen LogP contribution is 2.33. The summed E-state index contributed by atoms with van der Waals surface area (Å²) in [5, 5.41) is 7.43. The lowest BCUT2D eigenvalue weighted by Crippen LogP contribution is -2.36. The highest BCUT2D eigenvalue weighted by molar-refractivity contribution is 7.89. The van der Waals surface area contributed by atoms with Crippen LogP contribution in [0.2, 0.25) is 10.0 Å². The van der Waals surface area contributed by atoms with Crippen molar-refractivity contribution in [1.82, 2.24) is 5.32 Å². The SMILES string of the molecule is CCNC(=O)C(C)Oc1cc(Cl)c(S(N)(=O)=O)cc1Cl. The van der Waals surface area contributed by atoms with Crippen molar-refractivity contribution in [2.45, 2.75) is 24.8 Å². The second-order valence-corrected chi connectivity index (χ2v) is 6.26. The summed E-state index contributed by atoms with van der Waals surface area (Å²) >= 11 is 11.7. The van der Waals surface area contributed by atoms with Gasteiger partial charge in [0, 0.05) is 12.6 Å². The molecule has 1 atom stereocenters. The maximum absolute atomic E-state index is 11.5. The van der Waals surface area contributed by atoms with Gasteiger partial charge in [-0.2, -0.15) is 0 Å². The molecule has 1 rings (SSSR count). The number of rotatable bonds is 5. The van der Waals surface area contributed by atoms with Gasteiger partial charge in [0.2, 0.25) is 10.0 Å². The molecule has 3 N–H and O–H groups in total. The van der Waals surface area contributed by atoms with Crippen molar-refractivity contribution in [2.24, 2.45) is 5.14 Å². The van der Waals surface area contributed by atoms with Gasteiger partial charge in [0.25, 0.3) is 5.91 Å². The minimum atomic E-state index is -3.98. The smallest absolute Gasteiger partial charge is 0.260 e. The summed E-state index contributed by atoms with van der Waals surface area (Å²) in [4.78, 5) is 11.2. The van der Waals surface area contributed by atoms with E-state index in [9.17, 15) is 13.2 Å². The fourth-order valence-corrected chi connectivity index (χ4v) is 2.74. The first-order valence-corrected chi connectivity index (χ1v) is 7.93. The number of hydrogen-bond acceptors (Lipinski definition) is 4. The largest absolute Gasteiger partial charge is 0.479 e. The van der Waals surface area contributed by atoms with Gasteiger partial charge in [-0.1, -0.05) is 23.2 Å². The maximum Gasteiger partial charge on any atom is 0.260 e. The van der Waals surface area contributed by atoms with Gasteiger partial charge in [-0.25, -0.2) is 13.6 Å². The molecule has 0 bridgehead atoms. The van der Waals surface area contributed by atoms with Gasteiger partial charge >= 0.3 is 0 Å². The summed E-state index contributed by atoms with van der Waals surface area (Å²) < 4.78 is 27.9. The molecule has 20 heavy (non-hydrogen) atoms. The molecule has 1 amide bonds. The average molecular weight is 341 g/mol. The number of primary sulfonamides is 1. The first-order chi connectivity index (χ1) is 9.16. The van der Waals surface area contributed by atoms with Gasteiger partial charge in [-0.15, -0.1) is 0 Å². The van der Waals surface area contributed by atoms with Crippen LogP contribution >= 0.6 is 23.2 Å². The molecule has 9 heteroatoms. The lowest BCUT2D eigenvalue weighted by molar-refractivity contribution is -0.127. The quantitative estimate of drug-likeness (QED) is 0.849. The van der Waals surface area contributed by atoms with E-state index in [4.69, 9.17) is 33.1 Å². The zero-order valence-corrected chi connectivity index (χ0v) is 13.1. The standard InChI is InChI=1S/C11H14Cl2N2O4S/c1-3-15-11(16)6(2)19-9-4-8(13)10(5-7(9)12)20(14,17)18/h4-6H,3H2,1-2H3,(H,15,16)(H2,14,17,18). The van der Waals surface area contributed by atoms with Crippen molar-refractivity contribution in [3.63, 3.8) is 0 Å². The number of ether oxygens (including phenoxy) is 1. The minimum absolute atomic E-state index is 0.00502. The molecule has 1 aromatic rings. The van der Waals surface area contributed by atoms with Crippen LogP contribution in [0.4, 0.5) is 0 Å². The van der Waals surface area contributed by atoms with Gasteiger partial charge in [0.15, 0.2) is 6.10 Å². The van der Waals surface area contributed by atoms with Crippen LogP contribution in [0.5, 0.6) is 5.75 Å². The summed E-state index contributed by atoms with van der Waals surface area (Å²) in [6.07, 6.45) is -0.802. The molecule has 0 aliphatic rings. The van der Waals surface area contributed by atoms with Gasteiger partial charge in [-0.3, -0.25) is 4.79 Å². The van der Waals surface area contributed by atoms with Crippen LogP contribution in [0, 0.1) is 0 Å². The predicted molar refractivity (Wildman–Crippen MR) is 76.6 cm³/mol. The van der Waals surface area contributed by atoms with E-state index in [-0.39, 0.29) is 26.6 Å². The minimum Gasteiger partial charge on any atom is -0.479 e.